The molecule has 5 nitrogen and oxygen atoms in total. The van der Waals surface area contributed by atoms with Gasteiger partial charge in [0.25, 0.3) is 10.2 Å². The van der Waals surface area contributed by atoms with E-state index in [1.165, 1.54) is 4.31 Å². The lowest BCUT2D eigenvalue weighted by Gasteiger charge is -2.32. The van der Waals surface area contributed by atoms with Gasteiger partial charge in [-0.15, -0.1) is 0 Å². The van der Waals surface area contributed by atoms with Crippen LogP contribution in [0, 0.1) is 0 Å². The Morgan fingerprint density at radius 2 is 1.73 bits per heavy atom. The third-order valence-electron chi connectivity index (χ3n) is 4.28. The van der Waals surface area contributed by atoms with Gasteiger partial charge >= 0.3 is 0 Å². The van der Waals surface area contributed by atoms with Crippen LogP contribution in [-0.2, 0) is 10.2 Å². The van der Waals surface area contributed by atoms with Crippen molar-refractivity contribution in [3.8, 4) is 0 Å². The van der Waals surface area contributed by atoms with Crippen LogP contribution in [0.25, 0.3) is 0 Å². The minimum atomic E-state index is -3.50. The zero-order valence-corrected chi connectivity index (χ0v) is 14.0. The highest BCUT2D eigenvalue weighted by atomic mass is 32.2. The van der Waals surface area contributed by atoms with E-state index in [0.717, 1.165) is 31.2 Å². The Labute approximate surface area is 133 Å². The van der Waals surface area contributed by atoms with Crippen molar-refractivity contribution >= 4 is 10.2 Å². The summed E-state index contributed by atoms with van der Waals surface area (Å²) >= 11 is 0. The van der Waals surface area contributed by atoms with E-state index in [1.807, 2.05) is 30.3 Å². The fraction of sp³-hybridized carbons (Fsp3) is 0.625. The third kappa shape index (κ3) is 4.07. The number of aliphatic hydroxyl groups excluding tert-OH is 1. The highest BCUT2D eigenvalue weighted by molar-refractivity contribution is 7.86. The molecule has 1 aliphatic heterocycles. The molecule has 1 saturated heterocycles. The lowest BCUT2D eigenvalue weighted by molar-refractivity contribution is 0.232. The number of aliphatic hydroxyl groups is 1. The molecule has 0 bridgehead atoms. The molecule has 0 aliphatic carbocycles. The number of benzene rings is 1. The molecule has 1 fully saturated rings. The van der Waals surface area contributed by atoms with Crippen molar-refractivity contribution in [1.82, 2.24) is 8.61 Å². The first-order chi connectivity index (χ1) is 10.6. The summed E-state index contributed by atoms with van der Waals surface area (Å²) in [5, 5.41) is 9.33. The highest BCUT2D eigenvalue weighted by Crippen LogP contribution is 2.27. The molecule has 22 heavy (non-hydrogen) atoms. The smallest absolute Gasteiger partial charge is 0.282 e. The Bertz CT molecular complexity index is 540. The standard InChI is InChI=1S/C16H26N2O3S/c1-17(16(11-14-19)15-9-5-4-6-10-15)22(20,21)18-12-7-2-3-8-13-18/h4-6,9-10,16,19H,2-3,7-8,11-14H2,1H3/t16-/m1/s1. The fourth-order valence-corrected chi connectivity index (χ4v) is 4.60. The highest BCUT2D eigenvalue weighted by Gasteiger charge is 2.32. The van der Waals surface area contributed by atoms with Gasteiger partial charge in [-0.1, -0.05) is 43.2 Å². The fourth-order valence-electron chi connectivity index (χ4n) is 2.97. The molecule has 1 aromatic rings. The van der Waals surface area contributed by atoms with Crippen molar-refractivity contribution in [2.24, 2.45) is 0 Å². The predicted molar refractivity (Wildman–Crippen MR) is 87.6 cm³/mol. The Morgan fingerprint density at radius 3 is 2.27 bits per heavy atom. The third-order valence-corrected chi connectivity index (χ3v) is 6.28. The van der Waals surface area contributed by atoms with E-state index in [9.17, 15) is 13.5 Å². The predicted octanol–water partition coefficient (Wildman–Crippen LogP) is 2.16. The number of hydrogen-bond acceptors (Lipinski definition) is 3. The van der Waals surface area contributed by atoms with Crippen molar-refractivity contribution in [2.75, 3.05) is 26.7 Å². The first kappa shape index (κ1) is 17.4. The van der Waals surface area contributed by atoms with Gasteiger partial charge in [0.2, 0.25) is 0 Å². The average molecular weight is 326 g/mol. The van der Waals surface area contributed by atoms with Crippen molar-refractivity contribution < 1.29 is 13.5 Å². The van der Waals surface area contributed by atoms with Gasteiger partial charge in [0, 0.05) is 26.7 Å². The van der Waals surface area contributed by atoms with Crippen LogP contribution in [0.15, 0.2) is 30.3 Å². The van der Waals surface area contributed by atoms with Crippen LogP contribution < -0.4 is 0 Å². The first-order valence-corrected chi connectivity index (χ1v) is 9.36. The van der Waals surface area contributed by atoms with Crippen molar-refractivity contribution in [3.63, 3.8) is 0 Å². The van der Waals surface area contributed by atoms with E-state index in [-0.39, 0.29) is 12.6 Å². The molecule has 124 valence electrons. The van der Waals surface area contributed by atoms with Gasteiger partial charge in [0.15, 0.2) is 0 Å². The van der Waals surface area contributed by atoms with Gasteiger partial charge in [-0.05, 0) is 24.8 Å². The van der Waals surface area contributed by atoms with E-state index in [2.05, 4.69) is 0 Å². The number of hydrogen-bond donors (Lipinski definition) is 1. The zero-order chi connectivity index (χ0) is 16.0. The minimum Gasteiger partial charge on any atom is -0.396 e. The molecule has 1 atom stereocenters. The molecular weight excluding hydrogens is 300 g/mol. The van der Waals surface area contributed by atoms with Crippen molar-refractivity contribution in [2.45, 2.75) is 38.1 Å². The normalized spacial score (nSPS) is 19.0. The molecule has 0 saturated carbocycles. The van der Waals surface area contributed by atoms with Gasteiger partial charge in [0.1, 0.15) is 0 Å². The Hall–Kier alpha value is -0.950. The first-order valence-electron chi connectivity index (χ1n) is 7.96. The second-order valence-electron chi connectivity index (χ2n) is 5.78. The summed E-state index contributed by atoms with van der Waals surface area (Å²) in [5.74, 6) is 0. The minimum absolute atomic E-state index is 0.0422. The van der Waals surface area contributed by atoms with E-state index in [0.29, 0.717) is 19.5 Å². The topological polar surface area (TPSA) is 60.9 Å². The van der Waals surface area contributed by atoms with Gasteiger partial charge in [0.05, 0.1) is 6.04 Å². The second-order valence-corrected chi connectivity index (χ2v) is 7.76. The average Bonchev–Trinajstić information content (AvgIpc) is 2.82. The molecule has 1 aliphatic rings. The quantitative estimate of drug-likeness (QED) is 0.871. The van der Waals surface area contributed by atoms with Crippen LogP contribution in [0.3, 0.4) is 0 Å². The monoisotopic (exact) mass is 326 g/mol. The summed E-state index contributed by atoms with van der Waals surface area (Å²) in [5.41, 5.74) is 0.914. The van der Waals surface area contributed by atoms with Crippen LogP contribution >= 0.6 is 0 Å². The van der Waals surface area contributed by atoms with Gasteiger partial charge in [-0.25, -0.2) is 0 Å². The molecule has 1 N–H and O–H groups in total. The van der Waals surface area contributed by atoms with Crippen LogP contribution in [0.4, 0.5) is 0 Å². The van der Waals surface area contributed by atoms with E-state index >= 15 is 0 Å². The lowest BCUT2D eigenvalue weighted by atomic mass is 10.0. The number of nitrogens with zero attached hydrogens (tertiary/aromatic N) is 2. The van der Waals surface area contributed by atoms with E-state index in [4.69, 9.17) is 0 Å². The van der Waals surface area contributed by atoms with Gasteiger partial charge < -0.3 is 5.11 Å². The van der Waals surface area contributed by atoms with Crippen LogP contribution in [-0.4, -0.2) is 48.9 Å². The Morgan fingerprint density at radius 1 is 1.14 bits per heavy atom. The summed E-state index contributed by atoms with van der Waals surface area (Å²) < 4.78 is 28.8. The maximum atomic E-state index is 12.9. The molecule has 0 aromatic heterocycles. The molecule has 1 aromatic carbocycles. The molecule has 6 heteroatoms. The lowest BCUT2D eigenvalue weighted by Crippen LogP contribution is -2.44. The molecule has 2 rings (SSSR count). The van der Waals surface area contributed by atoms with Crippen LogP contribution in [0.1, 0.15) is 43.7 Å². The zero-order valence-electron chi connectivity index (χ0n) is 13.2. The Kier molecular flexibility index (Phi) is 6.37. The second kappa shape index (κ2) is 8.06. The van der Waals surface area contributed by atoms with Crippen molar-refractivity contribution in [1.29, 1.82) is 0 Å². The van der Waals surface area contributed by atoms with Crippen molar-refractivity contribution in [3.05, 3.63) is 35.9 Å². The maximum Gasteiger partial charge on any atom is 0.282 e. The molecule has 0 unspecified atom stereocenters. The molecular formula is C16H26N2O3S. The summed E-state index contributed by atoms with van der Waals surface area (Å²) in [6.45, 7) is 1.14. The van der Waals surface area contributed by atoms with Gasteiger partial charge in [-0.2, -0.15) is 17.0 Å². The van der Waals surface area contributed by atoms with E-state index < -0.39 is 10.2 Å². The van der Waals surface area contributed by atoms with Crippen LogP contribution in [0.2, 0.25) is 0 Å². The molecule has 0 spiro atoms. The summed E-state index contributed by atoms with van der Waals surface area (Å²) in [7, 11) is -1.88. The Balaban J connectivity index is 2.23. The van der Waals surface area contributed by atoms with Crippen LogP contribution in [0.5, 0.6) is 0 Å². The SMILES string of the molecule is CN([C@H](CCO)c1ccccc1)S(=O)(=O)N1CCCCCC1. The summed E-state index contributed by atoms with van der Waals surface area (Å²) in [6.07, 6.45) is 4.42. The largest absolute Gasteiger partial charge is 0.396 e. The van der Waals surface area contributed by atoms with Gasteiger partial charge in [-0.3, -0.25) is 0 Å². The summed E-state index contributed by atoms with van der Waals surface area (Å²) in [4.78, 5) is 0. The number of rotatable bonds is 6. The molecule has 0 amide bonds. The molecule has 1 heterocycles. The summed E-state index contributed by atoms with van der Waals surface area (Å²) in [6, 6.07) is 9.18. The maximum absolute atomic E-state index is 12.9. The molecule has 0 radical (unpaired) electrons. The van der Waals surface area contributed by atoms with E-state index in [1.54, 1.807) is 11.4 Å².